The molecule has 2 heterocycles. The Morgan fingerprint density at radius 3 is 2.86 bits per heavy atom. The van der Waals surface area contributed by atoms with Gasteiger partial charge in [-0.05, 0) is 24.3 Å². The zero-order valence-electron chi connectivity index (χ0n) is 7.40. The number of hydrogen-bond donors (Lipinski definition) is 1. The number of nitrogens with one attached hydrogen (secondary N) is 1. The Bertz CT molecular complexity index is 663. The molecule has 3 heteroatoms. The molecule has 1 aromatic carbocycles. The van der Waals surface area contributed by atoms with Crippen LogP contribution in [0.25, 0.3) is 16.6 Å². The monoisotopic (exact) mass is 184 g/mol. The number of aromatic nitrogens is 2. The van der Waals surface area contributed by atoms with Gasteiger partial charge in [-0.1, -0.05) is 12.1 Å². The average Bonchev–Trinajstić information content (AvgIpc) is 2.66. The quantitative estimate of drug-likeness (QED) is 0.568. The van der Waals surface area contributed by atoms with Crippen LogP contribution in [0.15, 0.2) is 47.4 Å². The first-order valence-corrected chi connectivity index (χ1v) is 4.44. The summed E-state index contributed by atoms with van der Waals surface area (Å²) in [6.07, 6.45) is 1.94. The maximum Gasteiger partial charge on any atom is 0.258 e. The minimum absolute atomic E-state index is 0.0354. The molecule has 0 bridgehead atoms. The van der Waals surface area contributed by atoms with Crippen molar-refractivity contribution >= 4 is 16.6 Å². The molecule has 0 unspecified atom stereocenters. The third kappa shape index (κ3) is 0.836. The van der Waals surface area contributed by atoms with Crippen molar-refractivity contribution < 1.29 is 0 Å². The maximum atomic E-state index is 11.6. The molecule has 68 valence electrons. The predicted molar refractivity (Wildman–Crippen MR) is 55.5 cm³/mol. The van der Waals surface area contributed by atoms with Crippen LogP contribution in [0.4, 0.5) is 0 Å². The lowest BCUT2D eigenvalue weighted by Gasteiger charge is -2.00. The van der Waals surface area contributed by atoms with Crippen LogP contribution in [0.5, 0.6) is 0 Å². The molecule has 1 N–H and O–H groups in total. The lowest BCUT2D eigenvalue weighted by molar-refractivity contribution is 1.17. The van der Waals surface area contributed by atoms with Gasteiger partial charge in [0.15, 0.2) is 0 Å². The second kappa shape index (κ2) is 2.48. The van der Waals surface area contributed by atoms with Crippen LogP contribution in [0, 0.1) is 0 Å². The normalized spacial score (nSPS) is 11.1. The molecule has 0 aliphatic carbocycles. The summed E-state index contributed by atoms with van der Waals surface area (Å²) in [6, 6.07) is 11.4. The zero-order valence-corrected chi connectivity index (χ0v) is 7.40. The molecule has 0 radical (unpaired) electrons. The summed E-state index contributed by atoms with van der Waals surface area (Å²) in [4.78, 5) is 14.4. The van der Waals surface area contributed by atoms with Crippen LogP contribution in [0.3, 0.4) is 0 Å². The van der Waals surface area contributed by atoms with Gasteiger partial charge in [0.25, 0.3) is 5.56 Å². The van der Waals surface area contributed by atoms with Crippen molar-refractivity contribution in [2.75, 3.05) is 0 Å². The van der Waals surface area contributed by atoms with Crippen LogP contribution < -0.4 is 5.56 Å². The van der Waals surface area contributed by atoms with E-state index in [1.54, 1.807) is 0 Å². The Kier molecular flexibility index (Phi) is 1.31. The second-order valence-corrected chi connectivity index (χ2v) is 3.23. The molecular weight excluding hydrogens is 176 g/mol. The largest absolute Gasteiger partial charge is 0.308 e. The minimum atomic E-state index is -0.0354. The highest BCUT2D eigenvalue weighted by Crippen LogP contribution is 2.11. The van der Waals surface area contributed by atoms with Gasteiger partial charge in [0.1, 0.15) is 5.65 Å². The number of rotatable bonds is 0. The fourth-order valence-electron chi connectivity index (χ4n) is 1.75. The van der Waals surface area contributed by atoms with Gasteiger partial charge in [0.05, 0.1) is 10.9 Å². The van der Waals surface area contributed by atoms with Gasteiger partial charge >= 0.3 is 0 Å². The summed E-state index contributed by atoms with van der Waals surface area (Å²) in [5.41, 5.74) is 1.73. The first-order chi connectivity index (χ1) is 6.86. The van der Waals surface area contributed by atoms with Crippen molar-refractivity contribution in [2.24, 2.45) is 0 Å². The molecule has 0 fully saturated rings. The summed E-state index contributed by atoms with van der Waals surface area (Å²) in [7, 11) is 0. The van der Waals surface area contributed by atoms with Gasteiger partial charge in [-0.25, -0.2) is 0 Å². The highest BCUT2D eigenvalue weighted by molar-refractivity contribution is 5.80. The summed E-state index contributed by atoms with van der Waals surface area (Å²) in [5.74, 6) is 0. The van der Waals surface area contributed by atoms with Crippen LogP contribution in [-0.2, 0) is 0 Å². The molecule has 0 aliphatic heterocycles. The van der Waals surface area contributed by atoms with E-state index in [2.05, 4.69) is 4.98 Å². The molecule has 14 heavy (non-hydrogen) atoms. The first kappa shape index (κ1) is 7.38. The SMILES string of the molecule is O=c1[nH]c2cccn2c2ccccc12. The van der Waals surface area contributed by atoms with Crippen molar-refractivity contribution in [3.05, 3.63) is 52.9 Å². The van der Waals surface area contributed by atoms with Crippen molar-refractivity contribution in [2.45, 2.75) is 0 Å². The van der Waals surface area contributed by atoms with E-state index in [9.17, 15) is 4.79 Å². The van der Waals surface area contributed by atoms with Gasteiger partial charge in [0, 0.05) is 6.20 Å². The fraction of sp³-hybridized carbons (Fsp3) is 0. The van der Waals surface area contributed by atoms with E-state index in [-0.39, 0.29) is 5.56 Å². The fourth-order valence-corrected chi connectivity index (χ4v) is 1.75. The highest BCUT2D eigenvalue weighted by Gasteiger charge is 2.01. The number of H-pyrrole nitrogens is 1. The molecule has 0 saturated heterocycles. The molecule has 0 atom stereocenters. The lowest BCUT2D eigenvalue weighted by Crippen LogP contribution is -2.08. The van der Waals surface area contributed by atoms with Crippen molar-refractivity contribution in [1.29, 1.82) is 0 Å². The van der Waals surface area contributed by atoms with Crippen molar-refractivity contribution in [1.82, 2.24) is 9.38 Å². The summed E-state index contributed by atoms with van der Waals surface area (Å²) < 4.78 is 1.97. The van der Waals surface area contributed by atoms with E-state index in [1.165, 1.54) is 0 Å². The Morgan fingerprint density at radius 2 is 1.93 bits per heavy atom. The summed E-state index contributed by atoms with van der Waals surface area (Å²) >= 11 is 0. The molecule has 3 nitrogen and oxygen atoms in total. The van der Waals surface area contributed by atoms with Gasteiger partial charge < -0.3 is 9.38 Å². The van der Waals surface area contributed by atoms with E-state index in [4.69, 9.17) is 0 Å². The second-order valence-electron chi connectivity index (χ2n) is 3.23. The number of nitrogens with zero attached hydrogens (tertiary/aromatic N) is 1. The van der Waals surface area contributed by atoms with E-state index < -0.39 is 0 Å². The first-order valence-electron chi connectivity index (χ1n) is 4.44. The number of aromatic amines is 1. The predicted octanol–water partition coefficient (Wildman–Crippen LogP) is 1.78. The van der Waals surface area contributed by atoms with E-state index in [1.807, 2.05) is 47.0 Å². The smallest absolute Gasteiger partial charge is 0.258 e. The van der Waals surface area contributed by atoms with E-state index in [0.717, 1.165) is 16.6 Å². The van der Waals surface area contributed by atoms with Gasteiger partial charge in [0.2, 0.25) is 0 Å². The van der Waals surface area contributed by atoms with Crippen molar-refractivity contribution in [3.8, 4) is 0 Å². The molecule has 2 aromatic heterocycles. The third-order valence-electron chi connectivity index (χ3n) is 2.40. The molecular formula is C11H8N2O. The van der Waals surface area contributed by atoms with Crippen LogP contribution >= 0.6 is 0 Å². The molecule has 0 aliphatic rings. The molecule has 3 aromatic rings. The Labute approximate surface area is 79.6 Å². The summed E-state index contributed by atoms with van der Waals surface area (Å²) in [6.45, 7) is 0. The molecule has 0 amide bonds. The number of para-hydroxylation sites is 1. The van der Waals surface area contributed by atoms with Crippen LogP contribution in [0.2, 0.25) is 0 Å². The summed E-state index contributed by atoms with van der Waals surface area (Å²) in [5, 5.41) is 0.719. The van der Waals surface area contributed by atoms with Crippen LogP contribution in [-0.4, -0.2) is 9.38 Å². The van der Waals surface area contributed by atoms with Gasteiger partial charge in [-0.15, -0.1) is 0 Å². The van der Waals surface area contributed by atoms with E-state index >= 15 is 0 Å². The molecule has 0 saturated carbocycles. The topological polar surface area (TPSA) is 37.3 Å². The van der Waals surface area contributed by atoms with Gasteiger partial charge in [-0.3, -0.25) is 4.79 Å². The van der Waals surface area contributed by atoms with Crippen molar-refractivity contribution in [3.63, 3.8) is 0 Å². The lowest BCUT2D eigenvalue weighted by atomic mass is 10.2. The maximum absolute atomic E-state index is 11.6. The number of hydrogen-bond acceptors (Lipinski definition) is 1. The Balaban J connectivity index is 2.74. The molecule has 3 rings (SSSR count). The number of fused-ring (bicyclic) bond motifs is 3. The minimum Gasteiger partial charge on any atom is -0.308 e. The Hall–Kier alpha value is -2.03. The highest BCUT2D eigenvalue weighted by atomic mass is 16.1. The third-order valence-corrected chi connectivity index (χ3v) is 2.40. The Morgan fingerprint density at radius 1 is 1.07 bits per heavy atom. The zero-order chi connectivity index (χ0) is 9.54. The van der Waals surface area contributed by atoms with Crippen LogP contribution in [0.1, 0.15) is 0 Å². The molecule has 0 spiro atoms. The van der Waals surface area contributed by atoms with E-state index in [0.29, 0.717) is 0 Å². The standard InChI is InChI=1S/C11H8N2O/c14-11-8-4-1-2-5-9(8)13-7-3-6-10(13)12-11/h1-7H,(H,12,14). The average molecular weight is 184 g/mol. The number of benzene rings is 1. The van der Waals surface area contributed by atoms with Gasteiger partial charge in [-0.2, -0.15) is 0 Å².